The summed E-state index contributed by atoms with van der Waals surface area (Å²) in [6.07, 6.45) is 1.55. The van der Waals surface area contributed by atoms with Crippen molar-refractivity contribution in [3.05, 3.63) is 51.4 Å². The predicted molar refractivity (Wildman–Crippen MR) is 83.9 cm³/mol. The van der Waals surface area contributed by atoms with Gasteiger partial charge in [-0.1, -0.05) is 15.9 Å². The molecule has 0 spiro atoms. The number of hydrogen-bond donors (Lipinski definition) is 1. The predicted octanol–water partition coefficient (Wildman–Crippen LogP) is 3.43. The van der Waals surface area contributed by atoms with Crippen LogP contribution in [0.3, 0.4) is 0 Å². The average Bonchev–Trinajstić information content (AvgIpc) is 2.77. The molecule has 0 aliphatic heterocycles. The minimum Gasteiger partial charge on any atom is -0.496 e. The third-order valence-electron chi connectivity index (χ3n) is 2.86. The fourth-order valence-electron chi connectivity index (χ4n) is 1.86. The quantitative estimate of drug-likeness (QED) is 0.678. The Balaban J connectivity index is 2.12. The standard InChI is InChI=1S/C15H15BrN2O3/c1-9-6-11(10(2)21-9)8-17-18-15(19)13-7-12(16)4-5-14(13)20-3/h4-8H,1-3H3,(H,18,19)/b17-8+. The van der Waals surface area contributed by atoms with E-state index in [4.69, 9.17) is 9.15 Å². The van der Waals surface area contributed by atoms with Crippen molar-refractivity contribution in [3.8, 4) is 5.75 Å². The second kappa shape index (κ2) is 6.58. The van der Waals surface area contributed by atoms with E-state index in [1.54, 1.807) is 24.4 Å². The van der Waals surface area contributed by atoms with Crippen molar-refractivity contribution in [1.82, 2.24) is 5.43 Å². The maximum absolute atomic E-state index is 12.1. The molecule has 2 aromatic rings. The van der Waals surface area contributed by atoms with Crippen molar-refractivity contribution in [2.24, 2.45) is 5.10 Å². The molecule has 21 heavy (non-hydrogen) atoms. The number of aryl methyl sites for hydroxylation is 2. The highest BCUT2D eigenvalue weighted by Gasteiger charge is 2.12. The van der Waals surface area contributed by atoms with Gasteiger partial charge in [0.15, 0.2) is 0 Å². The van der Waals surface area contributed by atoms with Gasteiger partial charge in [0.05, 0.1) is 18.9 Å². The summed E-state index contributed by atoms with van der Waals surface area (Å²) < 4.78 is 11.3. The maximum atomic E-state index is 12.1. The molecule has 0 bridgehead atoms. The van der Waals surface area contributed by atoms with Crippen molar-refractivity contribution in [3.63, 3.8) is 0 Å². The molecule has 1 aromatic carbocycles. The molecule has 0 aliphatic rings. The Bertz CT molecular complexity index is 692. The van der Waals surface area contributed by atoms with E-state index < -0.39 is 0 Å². The fourth-order valence-corrected chi connectivity index (χ4v) is 2.22. The number of ether oxygens (including phenoxy) is 1. The molecular weight excluding hydrogens is 336 g/mol. The number of hydrazone groups is 1. The monoisotopic (exact) mass is 350 g/mol. The Morgan fingerprint density at radius 2 is 2.14 bits per heavy atom. The van der Waals surface area contributed by atoms with Gasteiger partial charge in [-0.15, -0.1) is 0 Å². The van der Waals surface area contributed by atoms with Gasteiger partial charge >= 0.3 is 0 Å². The van der Waals surface area contributed by atoms with Gasteiger partial charge < -0.3 is 9.15 Å². The molecule has 6 heteroatoms. The molecule has 110 valence electrons. The van der Waals surface area contributed by atoms with E-state index in [1.807, 2.05) is 19.9 Å². The van der Waals surface area contributed by atoms with Crippen molar-refractivity contribution in [2.75, 3.05) is 7.11 Å². The summed E-state index contributed by atoms with van der Waals surface area (Å²) in [6.45, 7) is 3.70. The summed E-state index contributed by atoms with van der Waals surface area (Å²) in [7, 11) is 1.51. The SMILES string of the molecule is COc1ccc(Br)cc1C(=O)N/N=C/c1cc(C)oc1C. The number of nitrogens with one attached hydrogen (secondary N) is 1. The Hall–Kier alpha value is -2.08. The summed E-state index contributed by atoms with van der Waals surface area (Å²) in [6, 6.07) is 7.05. The summed E-state index contributed by atoms with van der Waals surface area (Å²) >= 11 is 3.32. The number of benzene rings is 1. The van der Waals surface area contributed by atoms with E-state index in [0.717, 1.165) is 21.6 Å². The lowest BCUT2D eigenvalue weighted by Crippen LogP contribution is -2.18. The number of rotatable bonds is 4. The topological polar surface area (TPSA) is 63.8 Å². The summed E-state index contributed by atoms with van der Waals surface area (Å²) in [5.41, 5.74) is 3.71. The molecule has 5 nitrogen and oxygen atoms in total. The molecule has 1 heterocycles. The number of amides is 1. The first-order chi connectivity index (χ1) is 10.0. The van der Waals surface area contributed by atoms with Crippen LogP contribution >= 0.6 is 15.9 Å². The van der Waals surface area contributed by atoms with Crippen LogP contribution in [0.5, 0.6) is 5.75 Å². The zero-order valence-electron chi connectivity index (χ0n) is 11.9. The van der Waals surface area contributed by atoms with Crippen molar-refractivity contribution >= 4 is 28.1 Å². The molecule has 2 rings (SSSR count). The highest BCUT2D eigenvalue weighted by atomic mass is 79.9. The molecule has 0 saturated heterocycles. The van der Waals surface area contributed by atoms with Crippen LogP contribution in [0, 0.1) is 13.8 Å². The van der Waals surface area contributed by atoms with Crippen LogP contribution in [0.4, 0.5) is 0 Å². The number of methoxy groups -OCH3 is 1. The number of carbonyl (C=O) groups excluding carboxylic acids is 1. The van der Waals surface area contributed by atoms with Crippen molar-refractivity contribution in [1.29, 1.82) is 0 Å². The van der Waals surface area contributed by atoms with Crippen LogP contribution in [0.1, 0.15) is 27.4 Å². The first-order valence-electron chi connectivity index (χ1n) is 6.25. The van der Waals surface area contributed by atoms with Gasteiger partial charge in [0.25, 0.3) is 5.91 Å². The molecule has 0 unspecified atom stereocenters. The normalized spacial score (nSPS) is 10.9. The lowest BCUT2D eigenvalue weighted by molar-refractivity contribution is 0.0952. The Morgan fingerprint density at radius 3 is 2.76 bits per heavy atom. The fraction of sp³-hybridized carbons (Fsp3) is 0.200. The van der Waals surface area contributed by atoms with Crippen LogP contribution in [0.15, 0.2) is 38.3 Å². The van der Waals surface area contributed by atoms with Gasteiger partial charge in [0.1, 0.15) is 17.3 Å². The maximum Gasteiger partial charge on any atom is 0.275 e. The first kappa shape index (κ1) is 15.3. The molecule has 1 amide bonds. The van der Waals surface area contributed by atoms with Gasteiger partial charge in [-0.05, 0) is 38.1 Å². The van der Waals surface area contributed by atoms with E-state index in [2.05, 4.69) is 26.5 Å². The summed E-state index contributed by atoms with van der Waals surface area (Å²) in [4.78, 5) is 12.1. The van der Waals surface area contributed by atoms with E-state index >= 15 is 0 Å². The number of furan rings is 1. The van der Waals surface area contributed by atoms with E-state index in [1.165, 1.54) is 7.11 Å². The first-order valence-corrected chi connectivity index (χ1v) is 7.04. The van der Waals surface area contributed by atoms with Crippen LogP contribution in [-0.4, -0.2) is 19.2 Å². The number of hydrogen-bond acceptors (Lipinski definition) is 4. The van der Waals surface area contributed by atoms with Gasteiger partial charge in [0.2, 0.25) is 0 Å². The second-order valence-corrected chi connectivity index (χ2v) is 5.33. The van der Waals surface area contributed by atoms with Gasteiger partial charge in [0, 0.05) is 10.0 Å². The van der Waals surface area contributed by atoms with Crippen molar-refractivity contribution < 1.29 is 13.9 Å². The number of carbonyl (C=O) groups is 1. The molecule has 0 saturated carbocycles. The average molecular weight is 351 g/mol. The molecule has 0 aliphatic carbocycles. The van der Waals surface area contributed by atoms with Crippen molar-refractivity contribution in [2.45, 2.75) is 13.8 Å². The molecule has 0 fully saturated rings. The highest BCUT2D eigenvalue weighted by Crippen LogP contribution is 2.22. The van der Waals surface area contributed by atoms with Crippen LogP contribution in [0.2, 0.25) is 0 Å². The zero-order chi connectivity index (χ0) is 15.4. The lowest BCUT2D eigenvalue weighted by Gasteiger charge is -2.07. The molecular formula is C15H15BrN2O3. The molecule has 1 N–H and O–H groups in total. The minimum atomic E-state index is -0.345. The van der Waals surface area contributed by atoms with E-state index in [9.17, 15) is 4.79 Å². The minimum absolute atomic E-state index is 0.345. The largest absolute Gasteiger partial charge is 0.496 e. The van der Waals surface area contributed by atoms with Crippen LogP contribution in [0.25, 0.3) is 0 Å². The number of nitrogens with zero attached hydrogens (tertiary/aromatic N) is 1. The van der Waals surface area contributed by atoms with Crippen LogP contribution in [-0.2, 0) is 0 Å². The summed E-state index contributed by atoms with van der Waals surface area (Å²) in [5, 5.41) is 3.94. The molecule has 0 atom stereocenters. The van der Waals surface area contributed by atoms with Gasteiger partial charge in [-0.3, -0.25) is 4.79 Å². The Morgan fingerprint density at radius 1 is 1.38 bits per heavy atom. The highest BCUT2D eigenvalue weighted by molar-refractivity contribution is 9.10. The van der Waals surface area contributed by atoms with Gasteiger partial charge in [-0.25, -0.2) is 5.43 Å². The molecule has 0 radical (unpaired) electrons. The smallest absolute Gasteiger partial charge is 0.275 e. The third-order valence-corrected chi connectivity index (χ3v) is 3.35. The van der Waals surface area contributed by atoms with E-state index in [-0.39, 0.29) is 5.91 Å². The molecule has 1 aromatic heterocycles. The van der Waals surface area contributed by atoms with E-state index in [0.29, 0.717) is 11.3 Å². The number of halogens is 1. The van der Waals surface area contributed by atoms with Crippen LogP contribution < -0.4 is 10.2 Å². The van der Waals surface area contributed by atoms with Gasteiger partial charge in [-0.2, -0.15) is 5.10 Å². The lowest BCUT2D eigenvalue weighted by atomic mass is 10.2. The second-order valence-electron chi connectivity index (χ2n) is 4.41. The Labute approximate surface area is 131 Å². The zero-order valence-corrected chi connectivity index (χ0v) is 13.5. The third kappa shape index (κ3) is 3.72. The summed E-state index contributed by atoms with van der Waals surface area (Å²) in [5.74, 6) is 1.70. The Kier molecular flexibility index (Phi) is 4.80.